The molecule has 0 radical (unpaired) electrons. The van der Waals surface area contributed by atoms with Crippen molar-refractivity contribution in [1.82, 2.24) is 20.0 Å². The standard InChI is InChI=1S/C11H22N4O/c1-12-11(16)15-5-3-14(4-6-15)9-10-7-13(2)8-10/h10H,3-9H2,1-2H3,(H,12,16). The largest absolute Gasteiger partial charge is 0.341 e. The smallest absolute Gasteiger partial charge is 0.317 e. The van der Waals surface area contributed by atoms with E-state index in [1.165, 1.54) is 19.6 Å². The first-order valence-electron chi connectivity index (χ1n) is 6.06. The molecule has 0 bridgehead atoms. The predicted molar refractivity (Wildman–Crippen MR) is 63.5 cm³/mol. The minimum atomic E-state index is 0.0584. The van der Waals surface area contributed by atoms with E-state index < -0.39 is 0 Å². The highest BCUT2D eigenvalue weighted by Gasteiger charge is 2.27. The van der Waals surface area contributed by atoms with Gasteiger partial charge in [0, 0.05) is 52.9 Å². The maximum absolute atomic E-state index is 11.4. The third-order valence-corrected chi connectivity index (χ3v) is 3.53. The maximum atomic E-state index is 11.4. The fourth-order valence-corrected chi connectivity index (χ4v) is 2.60. The van der Waals surface area contributed by atoms with Gasteiger partial charge in [0.1, 0.15) is 0 Å². The Labute approximate surface area is 97.4 Å². The highest BCUT2D eigenvalue weighted by molar-refractivity contribution is 5.73. The van der Waals surface area contributed by atoms with Gasteiger partial charge in [-0.2, -0.15) is 0 Å². The summed E-state index contributed by atoms with van der Waals surface area (Å²) in [6.07, 6.45) is 0. The lowest BCUT2D eigenvalue weighted by molar-refractivity contribution is 0.0689. The fourth-order valence-electron chi connectivity index (χ4n) is 2.60. The highest BCUT2D eigenvalue weighted by atomic mass is 16.2. The van der Waals surface area contributed by atoms with E-state index >= 15 is 0 Å². The molecule has 2 fully saturated rings. The number of urea groups is 1. The van der Waals surface area contributed by atoms with E-state index in [-0.39, 0.29) is 6.03 Å². The molecule has 2 aliphatic rings. The van der Waals surface area contributed by atoms with Crippen LogP contribution in [0, 0.1) is 5.92 Å². The van der Waals surface area contributed by atoms with Crippen LogP contribution >= 0.6 is 0 Å². The van der Waals surface area contributed by atoms with Crippen molar-refractivity contribution in [3.05, 3.63) is 0 Å². The number of likely N-dealkylation sites (tertiary alicyclic amines) is 1. The number of hydrogen-bond donors (Lipinski definition) is 1. The van der Waals surface area contributed by atoms with E-state index in [0.717, 1.165) is 32.1 Å². The number of nitrogens with one attached hydrogen (secondary N) is 1. The molecule has 1 N–H and O–H groups in total. The minimum Gasteiger partial charge on any atom is -0.341 e. The number of piperazine rings is 1. The van der Waals surface area contributed by atoms with Crippen molar-refractivity contribution >= 4 is 6.03 Å². The van der Waals surface area contributed by atoms with Crippen LogP contribution in [0.5, 0.6) is 0 Å². The van der Waals surface area contributed by atoms with Crippen molar-refractivity contribution < 1.29 is 4.79 Å². The molecule has 0 unspecified atom stereocenters. The zero-order valence-electron chi connectivity index (χ0n) is 10.3. The molecule has 2 heterocycles. The first-order valence-corrected chi connectivity index (χ1v) is 6.06. The van der Waals surface area contributed by atoms with Crippen LogP contribution in [0.2, 0.25) is 0 Å². The summed E-state index contributed by atoms with van der Waals surface area (Å²) < 4.78 is 0. The van der Waals surface area contributed by atoms with Crippen LogP contribution in [0.3, 0.4) is 0 Å². The molecule has 16 heavy (non-hydrogen) atoms. The topological polar surface area (TPSA) is 38.8 Å². The lowest BCUT2D eigenvalue weighted by atomic mass is 10.0. The molecule has 5 heteroatoms. The minimum absolute atomic E-state index is 0.0584. The second-order valence-corrected chi connectivity index (χ2v) is 4.93. The molecular formula is C11H22N4O. The number of amides is 2. The van der Waals surface area contributed by atoms with Crippen LogP contribution in [-0.4, -0.2) is 80.6 Å². The van der Waals surface area contributed by atoms with E-state index in [9.17, 15) is 4.79 Å². The number of carbonyl (C=O) groups excluding carboxylic acids is 1. The number of nitrogens with zero attached hydrogens (tertiary/aromatic N) is 3. The van der Waals surface area contributed by atoms with Crippen molar-refractivity contribution in [2.24, 2.45) is 5.92 Å². The van der Waals surface area contributed by atoms with Gasteiger partial charge in [-0.15, -0.1) is 0 Å². The monoisotopic (exact) mass is 226 g/mol. The van der Waals surface area contributed by atoms with Gasteiger partial charge in [-0.3, -0.25) is 4.90 Å². The van der Waals surface area contributed by atoms with Gasteiger partial charge < -0.3 is 15.1 Å². The molecule has 2 amide bonds. The van der Waals surface area contributed by atoms with E-state index in [4.69, 9.17) is 0 Å². The molecule has 2 rings (SSSR count). The zero-order chi connectivity index (χ0) is 11.5. The van der Waals surface area contributed by atoms with Crippen LogP contribution < -0.4 is 5.32 Å². The molecule has 0 atom stereocenters. The Morgan fingerprint density at radius 2 is 1.88 bits per heavy atom. The summed E-state index contributed by atoms with van der Waals surface area (Å²) in [5, 5.41) is 2.68. The van der Waals surface area contributed by atoms with Gasteiger partial charge in [0.25, 0.3) is 0 Å². The quantitative estimate of drug-likeness (QED) is 0.690. The molecular weight excluding hydrogens is 204 g/mol. The Bertz CT molecular complexity index is 244. The Morgan fingerprint density at radius 1 is 1.25 bits per heavy atom. The van der Waals surface area contributed by atoms with Gasteiger partial charge in [0.15, 0.2) is 0 Å². The molecule has 0 aromatic rings. The average Bonchev–Trinajstić information content (AvgIpc) is 2.27. The normalized spacial score (nSPS) is 24.2. The number of hydrogen-bond acceptors (Lipinski definition) is 3. The van der Waals surface area contributed by atoms with Crippen LogP contribution in [0.4, 0.5) is 4.79 Å². The van der Waals surface area contributed by atoms with E-state index in [1.54, 1.807) is 7.05 Å². The van der Waals surface area contributed by atoms with Gasteiger partial charge in [-0.1, -0.05) is 0 Å². The molecule has 0 aromatic heterocycles. The van der Waals surface area contributed by atoms with Crippen LogP contribution in [0.1, 0.15) is 0 Å². The van der Waals surface area contributed by atoms with E-state index in [0.29, 0.717) is 0 Å². The van der Waals surface area contributed by atoms with Crippen LogP contribution in [-0.2, 0) is 0 Å². The van der Waals surface area contributed by atoms with Crippen LogP contribution in [0.25, 0.3) is 0 Å². The number of carbonyl (C=O) groups is 1. The predicted octanol–water partition coefficient (Wildman–Crippen LogP) is -0.495. The Morgan fingerprint density at radius 3 is 2.38 bits per heavy atom. The van der Waals surface area contributed by atoms with Crippen LogP contribution in [0.15, 0.2) is 0 Å². The summed E-state index contributed by atoms with van der Waals surface area (Å²) in [4.78, 5) is 18.1. The summed E-state index contributed by atoms with van der Waals surface area (Å²) in [6.45, 7) is 7.43. The first-order chi connectivity index (χ1) is 7.69. The van der Waals surface area contributed by atoms with Crippen molar-refractivity contribution in [2.75, 3.05) is 59.9 Å². The molecule has 0 aromatic carbocycles. The average molecular weight is 226 g/mol. The van der Waals surface area contributed by atoms with Crippen molar-refractivity contribution in [1.29, 1.82) is 0 Å². The van der Waals surface area contributed by atoms with Gasteiger partial charge in [-0.05, 0) is 13.0 Å². The molecule has 2 aliphatic heterocycles. The molecule has 0 aliphatic carbocycles. The van der Waals surface area contributed by atoms with Gasteiger partial charge in [0.2, 0.25) is 0 Å². The van der Waals surface area contributed by atoms with Crippen molar-refractivity contribution in [3.63, 3.8) is 0 Å². The van der Waals surface area contributed by atoms with Gasteiger partial charge >= 0.3 is 6.03 Å². The van der Waals surface area contributed by atoms with Crippen molar-refractivity contribution in [2.45, 2.75) is 0 Å². The molecule has 92 valence electrons. The maximum Gasteiger partial charge on any atom is 0.317 e. The third kappa shape index (κ3) is 2.65. The Hall–Kier alpha value is -0.810. The fraction of sp³-hybridized carbons (Fsp3) is 0.909. The lowest BCUT2D eigenvalue weighted by Crippen LogP contribution is -2.55. The van der Waals surface area contributed by atoms with Crippen molar-refractivity contribution in [3.8, 4) is 0 Å². The Balaban J connectivity index is 1.67. The Kier molecular flexibility index (Phi) is 3.66. The summed E-state index contributed by atoms with van der Waals surface area (Å²) in [5.74, 6) is 0.844. The second kappa shape index (κ2) is 5.01. The SMILES string of the molecule is CNC(=O)N1CCN(CC2CN(C)C2)CC1. The summed E-state index contributed by atoms with van der Waals surface area (Å²) >= 11 is 0. The van der Waals surface area contributed by atoms with E-state index in [1.807, 2.05) is 4.90 Å². The number of rotatable bonds is 2. The van der Waals surface area contributed by atoms with Gasteiger partial charge in [-0.25, -0.2) is 4.79 Å². The lowest BCUT2D eigenvalue weighted by Gasteiger charge is -2.42. The zero-order valence-corrected chi connectivity index (χ0v) is 10.3. The summed E-state index contributed by atoms with van der Waals surface area (Å²) in [7, 11) is 3.86. The molecule has 0 saturated carbocycles. The summed E-state index contributed by atoms with van der Waals surface area (Å²) in [5.41, 5.74) is 0. The van der Waals surface area contributed by atoms with Gasteiger partial charge in [0.05, 0.1) is 0 Å². The van der Waals surface area contributed by atoms with E-state index in [2.05, 4.69) is 22.2 Å². The highest BCUT2D eigenvalue weighted by Crippen LogP contribution is 2.15. The molecule has 2 saturated heterocycles. The molecule has 0 spiro atoms. The second-order valence-electron chi connectivity index (χ2n) is 4.93. The third-order valence-electron chi connectivity index (χ3n) is 3.53. The first kappa shape index (κ1) is 11.7. The summed E-state index contributed by atoms with van der Waals surface area (Å²) in [6, 6.07) is 0.0584. The molecule has 5 nitrogen and oxygen atoms in total.